The van der Waals surface area contributed by atoms with Gasteiger partial charge in [0.2, 0.25) is 0 Å². The average Bonchev–Trinajstić information content (AvgIpc) is 2.30. The lowest BCUT2D eigenvalue weighted by Gasteiger charge is -2.13. The summed E-state index contributed by atoms with van der Waals surface area (Å²) in [6.45, 7) is 2.41. The minimum atomic E-state index is 0.0365. The van der Waals surface area contributed by atoms with Gasteiger partial charge in [-0.2, -0.15) is 0 Å². The van der Waals surface area contributed by atoms with Gasteiger partial charge in [-0.15, -0.1) is 0 Å². The van der Waals surface area contributed by atoms with Crippen molar-refractivity contribution in [2.45, 2.75) is 58.3 Å². The van der Waals surface area contributed by atoms with Crippen LogP contribution in [-0.2, 0) is 9.53 Å². The zero-order valence-electron chi connectivity index (χ0n) is 9.26. The van der Waals surface area contributed by atoms with Crippen LogP contribution in [-0.4, -0.2) is 12.6 Å². The number of ether oxygens (including phenoxy) is 1. The van der Waals surface area contributed by atoms with Crippen molar-refractivity contribution in [3.8, 4) is 0 Å². The van der Waals surface area contributed by atoms with E-state index in [1.165, 1.54) is 38.5 Å². The van der Waals surface area contributed by atoms with E-state index in [1.807, 2.05) is 6.92 Å². The normalized spacial score (nSPS) is 20.6. The van der Waals surface area contributed by atoms with Crippen LogP contribution in [0.4, 0.5) is 0 Å². The van der Waals surface area contributed by atoms with Crippen LogP contribution in [0.15, 0.2) is 0 Å². The van der Waals surface area contributed by atoms with E-state index in [4.69, 9.17) is 4.74 Å². The Morgan fingerprint density at radius 1 is 1.07 bits per heavy atom. The van der Waals surface area contributed by atoms with Crippen LogP contribution in [0.5, 0.6) is 0 Å². The molecule has 0 radical (unpaired) electrons. The predicted octanol–water partition coefficient (Wildman–Crippen LogP) is 3.30. The van der Waals surface area contributed by atoms with Crippen LogP contribution in [0.1, 0.15) is 58.3 Å². The second kappa shape index (κ2) is 6.86. The molecule has 1 aliphatic rings. The summed E-state index contributed by atoms with van der Waals surface area (Å²) in [7, 11) is 0. The van der Waals surface area contributed by atoms with Gasteiger partial charge in [-0.25, -0.2) is 0 Å². The molecule has 0 heterocycles. The summed E-state index contributed by atoms with van der Waals surface area (Å²) in [5.74, 6) is 0.224. The topological polar surface area (TPSA) is 26.3 Å². The number of rotatable bonds is 2. The Kier molecular flexibility index (Phi) is 5.65. The standard InChI is InChI=1S/C12H22O2/c1-2-14-12(13)11-9-7-5-3-4-6-8-10-11/h11H,2-10H2,1H3. The Labute approximate surface area is 87.0 Å². The van der Waals surface area contributed by atoms with Gasteiger partial charge in [-0.1, -0.05) is 38.5 Å². The van der Waals surface area contributed by atoms with E-state index in [0.717, 1.165) is 12.8 Å². The van der Waals surface area contributed by atoms with Gasteiger partial charge < -0.3 is 4.74 Å². The Balaban J connectivity index is 2.35. The molecule has 0 aromatic heterocycles. The lowest BCUT2D eigenvalue weighted by atomic mass is 9.97. The third-order valence-corrected chi connectivity index (χ3v) is 2.98. The molecule has 0 N–H and O–H groups in total. The Morgan fingerprint density at radius 3 is 2.07 bits per heavy atom. The van der Waals surface area contributed by atoms with Crippen molar-refractivity contribution in [1.29, 1.82) is 0 Å². The van der Waals surface area contributed by atoms with Gasteiger partial charge in [-0.3, -0.25) is 4.79 Å². The zero-order valence-corrected chi connectivity index (χ0v) is 9.26. The SMILES string of the molecule is CCOC(=O)C1CCCCCCCC1. The molecule has 1 fully saturated rings. The number of esters is 1. The molecule has 0 saturated heterocycles. The molecule has 0 bridgehead atoms. The lowest BCUT2D eigenvalue weighted by Crippen LogP contribution is -2.17. The smallest absolute Gasteiger partial charge is 0.308 e. The molecule has 0 aliphatic heterocycles. The van der Waals surface area contributed by atoms with Gasteiger partial charge >= 0.3 is 5.97 Å². The van der Waals surface area contributed by atoms with Crippen LogP contribution in [0.25, 0.3) is 0 Å². The van der Waals surface area contributed by atoms with E-state index in [9.17, 15) is 4.79 Å². The van der Waals surface area contributed by atoms with Gasteiger partial charge in [0.05, 0.1) is 12.5 Å². The average molecular weight is 198 g/mol. The molecule has 2 heteroatoms. The molecule has 0 aromatic rings. The summed E-state index contributed by atoms with van der Waals surface area (Å²) in [6, 6.07) is 0. The van der Waals surface area contributed by atoms with Crippen molar-refractivity contribution >= 4 is 5.97 Å². The molecule has 82 valence electrons. The van der Waals surface area contributed by atoms with Gasteiger partial charge in [0.1, 0.15) is 0 Å². The third-order valence-electron chi connectivity index (χ3n) is 2.98. The molecule has 14 heavy (non-hydrogen) atoms. The van der Waals surface area contributed by atoms with Crippen molar-refractivity contribution in [3.63, 3.8) is 0 Å². The Morgan fingerprint density at radius 2 is 1.57 bits per heavy atom. The van der Waals surface area contributed by atoms with Gasteiger partial charge in [-0.05, 0) is 19.8 Å². The molecule has 1 rings (SSSR count). The van der Waals surface area contributed by atoms with Crippen molar-refractivity contribution in [3.05, 3.63) is 0 Å². The van der Waals surface area contributed by atoms with Gasteiger partial charge in [0, 0.05) is 0 Å². The highest BCUT2D eigenvalue weighted by atomic mass is 16.5. The summed E-state index contributed by atoms with van der Waals surface area (Å²) >= 11 is 0. The molecule has 1 saturated carbocycles. The molecular formula is C12H22O2. The Hall–Kier alpha value is -0.530. The fourth-order valence-electron chi connectivity index (χ4n) is 2.13. The first-order valence-corrected chi connectivity index (χ1v) is 6.01. The highest BCUT2D eigenvalue weighted by Gasteiger charge is 2.19. The first-order chi connectivity index (χ1) is 6.84. The van der Waals surface area contributed by atoms with Gasteiger partial charge in [0.15, 0.2) is 0 Å². The van der Waals surface area contributed by atoms with E-state index < -0.39 is 0 Å². The zero-order chi connectivity index (χ0) is 10.2. The maximum Gasteiger partial charge on any atom is 0.308 e. The molecule has 1 aliphatic carbocycles. The molecular weight excluding hydrogens is 176 g/mol. The molecule has 0 amide bonds. The highest BCUT2D eigenvalue weighted by molar-refractivity contribution is 5.72. The maximum absolute atomic E-state index is 11.6. The molecule has 0 aromatic carbocycles. The third kappa shape index (κ3) is 4.12. The van der Waals surface area contributed by atoms with E-state index in [-0.39, 0.29) is 11.9 Å². The fraction of sp³-hybridized carbons (Fsp3) is 0.917. The predicted molar refractivity (Wildman–Crippen MR) is 57.1 cm³/mol. The van der Waals surface area contributed by atoms with Crippen LogP contribution in [0, 0.1) is 5.92 Å². The van der Waals surface area contributed by atoms with Crippen molar-refractivity contribution in [2.24, 2.45) is 5.92 Å². The van der Waals surface area contributed by atoms with E-state index in [2.05, 4.69) is 0 Å². The molecule has 2 nitrogen and oxygen atoms in total. The van der Waals surface area contributed by atoms with Crippen LogP contribution in [0.2, 0.25) is 0 Å². The quantitative estimate of drug-likeness (QED) is 0.636. The second-order valence-electron chi connectivity index (χ2n) is 4.15. The van der Waals surface area contributed by atoms with Crippen molar-refractivity contribution in [1.82, 2.24) is 0 Å². The second-order valence-corrected chi connectivity index (χ2v) is 4.15. The summed E-state index contributed by atoms with van der Waals surface area (Å²) in [6.07, 6.45) is 9.74. The van der Waals surface area contributed by atoms with Crippen molar-refractivity contribution < 1.29 is 9.53 Å². The minimum Gasteiger partial charge on any atom is -0.466 e. The van der Waals surface area contributed by atoms with E-state index >= 15 is 0 Å². The fourth-order valence-corrected chi connectivity index (χ4v) is 2.13. The number of hydrogen-bond acceptors (Lipinski definition) is 2. The largest absolute Gasteiger partial charge is 0.466 e. The number of carbonyl (C=O) groups excluding carboxylic acids is 1. The molecule has 0 atom stereocenters. The van der Waals surface area contributed by atoms with E-state index in [1.54, 1.807) is 0 Å². The lowest BCUT2D eigenvalue weighted by molar-refractivity contribution is -0.148. The Bertz CT molecular complexity index is 156. The van der Waals surface area contributed by atoms with Crippen LogP contribution >= 0.6 is 0 Å². The first-order valence-electron chi connectivity index (χ1n) is 6.01. The van der Waals surface area contributed by atoms with E-state index in [0.29, 0.717) is 6.61 Å². The number of carbonyl (C=O) groups is 1. The van der Waals surface area contributed by atoms with Crippen LogP contribution in [0.3, 0.4) is 0 Å². The summed E-state index contributed by atoms with van der Waals surface area (Å²) in [5.41, 5.74) is 0. The number of hydrogen-bond donors (Lipinski definition) is 0. The molecule has 0 unspecified atom stereocenters. The van der Waals surface area contributed by atoms with Crippen molar-refractivity contribution in [2.75, 3.05) is 6.61 Å². The highest BCUT2D eigenvalue weighted by Crippen LogP contribution is 2.22. The first kappa shape index (κ1) is 11.5. The summed E-state index contributed by atoms with van der Waals surface area (Å²) in [5, 5.41) is 0. The maximum atomic E-state index is 11.6. The monoisotopic (exact) mass is 198 g/mol. The van der Waals surface area contributed by atoms with Crippen LogP contribution < -0.4 is 0 Å². The van der Waals surface area contributed by atoms with Gasteiger partial charge in [0.25, 0.3) is 0 Å². The molecule has 0 spiro atoms. The minimum absolute atomic E-state index is 0.0365. The summed E-state index contributed by atoms with van der Waals surface area (Å²) < 4.78 is 5.08. The summed E-state index contributed by atoms with van der Waals surface area (Å²) in [4.78, 5) is 11.6.